The Morgan fingerprint density at radius 2 is 1.00 bits per heavy atom. The van der Waals surface area contributed by atoms with Crippen molar-refractivity contribution in [2.75, 3.05) is 0 Å². The van der Waals surface area contributed by atoms with Gasteiger partial charge in [-0.3, -0.25) is 0 Å². The minimum atomic E-state index is -0.500. The van der Waals surface area contributed by atoms with Crippen LogP contribution in [-0.2, 0) is 0 Å². The average Bonchev–Trinajstić information content (AvgIpc) is 3.89. The maximum absolute atomic E-state index is 9.18. The van der Waals surface area contributed by atoms with Gasteiger partial charge in [-0.25, -0.2) is 15.0 Å². The molecule has 0 aliphatic heterocycles. The zero-order chi connectivity index (χ0) is 44.8. The summed E-state index contributed by atoms with van der Waals surface area (Å²) >= 11 is 1.73. The first kappa shape index (κ1) is 24.2. The third kappa shape index (κ3) is 5.48. The molecule has 0 bridgehead atoms. The van der Waals surface area contributed by atoms with Crippen molar-refractivity contribution in [2.24, 2.45) is 0 Å². The lowest BCUT2D eigenvalue weighted by atomic mass is 10.0. The summed E-state index contributed by atoms with van der Waals surface area (Å²) in [6.45, 7) is 0. The molecule has 0 saturated carbocycles. The molecule has 0 N–H and O–H groups in total. The predicted molar refractivity (Wildman–Crippen MR) is 234 cm³/mol. The number of thiophene rings is 1. The predicted octanol–water partition coefficient (Wildman–Crippen LogP) is 13.7. The molecule has 3 heterocycles. The molecule has 0 spiro atoms. The molecule has 0 atom stereocenters. The molecule has 56 heavy (non-hydrogen) atoms. The Morgan fingerprint density at radius 3 is 1.84 bits per heavy atom. The van der Waals surface area contributed by atoms with E-state index in [0.717, 1.165) is 32.5 Å². The topological polar surface area (TPSA) is 43.6 Å². The zero-order valence-electron chi connectivity index (χ0n) is 38.5. The van der Waals surface area contributed by atoms with E-state index in [1.54, 1.807) is 34.1 Å². The molecule has 8 aromatic carbocycles. The molecule has 0 fully saturated rings. The molecular weight excluding hydrogens is 701 g/mol. The fourth-order valence-electron chi connectivity index (χ4n) is 7.44. The lowest BCUT2D eigenvalue weighted by Crippen LogP contribution is -2.00. The van der Waals surface area contributed by atoms with Gasteiger partial charge in [0.1, 0.15) is 0 Å². The zero-order valence-corrected chi connectivity index (χ0v) is 30.3. The highest BCUT2D eigenvalue weighted by Crippen LogP contribution is 2.39. The van der Waals surface area contributed by atoms with Gasteiger partial charge in [-0.1, -0.05) is 164 Å². The molecule has 4 nitrogen and oxygen atoms in total. The summed E-state index contributed by atoms with van der Waals surface area (Å²) in [7, 11) is 0. The highest BCUT2D eigenvalue weighted by Gasteiger charge is 2.18. The normalized spacial score (nSPS) is 13.8. The second-order valence-corrected chi connectivity index (χ2v) is 14.5. The van der Waals surface area contributed by atoms with E-state index in [4.69, 9.17) is 25.9 Å². The van der Waals surface area contributed by atoms with Crippen molar-refractivity contribution >= 4 is 53.3 Å². The molecule has 0 amide bonds. The van der Waals surface area contributed by atoms with E-state index in [9.17, 15) is 1.37 Å². The van der Waals surface area contributed by atoms with E-state index < -0.39 is 24.2 Å². The molecule has 262 valence electrons. The van der Waals surface area contributed by atoms with Crippen LogP contribution in [0.5, 0.6) is 0 Å². The summed E-state index contributed by atoms with van der Waals surface area (Å²) in [6, 6.07) is 41.5. The summed E-state index contributed by atoms with van der Waals surface area (Å²) in [4.78, 5) is 15.0. The van der Waals surface area contributed by atoms with Crippen LogP contribution in [0.25, 0.3) is 104 Å². The minimum absolute atomic E-state index is 0.00989. The lowest BCUT2D eigenvalue weighted by Gasteiger charge is -2.15. The Labute approximate surface area is 340 Å². The molecule has 0 unspecified atom stereocenters. The standard InChI is InChI=1S/C51H32N4S/c1-3-13-33(14-4-1)37-27-29-41-40-18-8-11-21-45(40)55(46(41)31-37)44-20-10-7-17-39(44)34-23-25-36(26-24-34)50-52-49(35-15-5-2-6-16-35)53-51(54-50)38-28-30-43-42-19-9-12-22-47(42)56-48(43)32-38/h1-32H/i1D,3D,4D,8D,11D,13D,14D,18D,21D. The Kier molecular flexibility index (Phi) is 5.75. The molecular formula is C51H32N4S. The number of hydrogen-bond acceptors (Lipinski definition) is 4. The molecule has 0 aliphatic rings. The van der Waals surface area contributed by atoms with Crippen LogP contribution >= 0.6 is 11.3 Å². The van der Waals surface area contributed by atoms with E-state index >= 15 is 0 Å². The van der Waals surface area contributed by atoms with Crippen molar-refractivity contribution in [1.82, 2.24) is 19.5 Å². The van der Waals surface area contributed by atoms with Gasteiger partial charge in [0.05, 0.1) is 29.1 Å². The van der Waals surface area contributed by atoms with Crippen molar-refractivity contribution in [1.29, 1.82) is 0 Å². The Hall–Kier alpha value is -7.21. The molecule has 5 heteroatoms. The number of nitrogens with zero attached hydrogens (tertiary/aromatic N) is 4. The van der Waals surface area contributed by atoms with E-state index in [1.165, 1.54) is 15.5 Å². The highest BCUT2D eigenvalue weighted by molar-refractivity contribution is 7.25. The highest BCUT2D eigenvalue weighted by atomic mass is 32.1. The van der Waals surface area contributed by atoms with Crippen LogP contribution in [0.1, 0.15) is 12.3 Å². The van der Waals surface area contributed by atoms with Gasteiger partial charge in [0.25, 0.3) is 0 Å². The quantitative estimate of drug-likeness (QED) is 0.170. The van der Waals surface area contributed by atoms with E-state index in [0.29, 0.717) is 45.0 Å². The van der Waals surface area contributed by atoms with Gasteiger partial charge < -0.3 is 4.57 Å². The van der Waals surface area contributed by atoms with E-state index in [1.807, 2.05) is 84.9 Å². The van der Waals surface area contributed by atoms with Gasteiger partial charge in [0.2, 0.25) is 0 Å². The van der Waals surface area contributed by atoms with Crippen LogP contribution in [0.2, 0.25) is 0 Å². The first-order valence-corrected chi connectivity index (χ1v) is 18.9. The van der Waals surface area contributed by atoms with Crippen LogP contribution in [0.3, 0.4) is 0 Å². The van der Waals surface area contributed by atoms with Crippen molar-refractivity contribution < 1.29 is 12.3 Å². The van der Waals surface area contributed by atoms with Crippen molar-refractivity contribution in [3.05, 3.63) is 194 Å². The van der Waals surface area contributed by atoms with Crippen LogP contribution in [0.4, 0.5) is 0 Å². The summed E-state index contributed by atoms with van der Waals surface area (Å²) in [6.07, 6.45) is 0. The first-order valence-electron chi connectivity index (χ1n) is 22.5. The van der Waals surface area contributed by atoms with Gasteiger partial charge in [0.15, 0.2) is 17.5 Å². The number of para-hydroxylation sites is 2. The first-order chi connectivity index (χ1) is 31.5. The number of benzene rings is 8. The summed E-state index contributed by atoms with van der Waals surface area (Å²) in [5.41, 5.74) is 5.69. The Balaban J connectivity index is 1.07. The summed E-state index contributed by atoms with van der Waals surface area (Å²) in [5.74, 6) is 1.57. The van der Waals surface area contributed by atoms with Crippen LogP contribution in [-0.4, -0.2) is 19.5 Å². The number of rotatable bonds is 6. The number of fused-ring (bicyclic) bond motifs is 6. The van der Waals surface area contributed by atoms with Crippen LogP contribution in [0, 0.1) is 0 Å². The molecule has 0 radical (unpaired) electrons. The van der Waals surface area contributed by atoms with Crippen molar-refractivity contribution in [3.63, 3.8) is 0 Å². The van der Waals surface area contributed by atoms with Gasteiger partial charge >= 0.3 is 0 Å². The SMILES string of the molecule is [2H]c1c([2H])c([2H])c(-c2ccc3c4c([2H])c([2H])c([2H])c([2H])c4n(-c4ccccc4-c4ccc(-c5nc(-c6ccccc6)nc(-c6ccc7c(c6)sc6ccccc67)n5)cc4)c3c2)c([2H])c1[2H]. The number of aromatic nitrogens is 4. The summed E-state index contributed by atoms with van der Waals surface area (Å²) in [5, 5.41) is 3.20. The summed E-state index contributed by atoms with van der Waals surface area (Å²) < 4.78 is 81.8. The average molecular weight is 742 g/mol. The van der Waals surface area contributed by atoms with Crippen LogP contribution in [0.15, 0.2) is 194 Å². The molecule has 0 aliphatic carbocycles. The molecule has 0 saturated heterocycles. The second-order valence-electron chi connectivity index (χ2n) is 13.4. The van der Waals surface area contributed by atoms with Crippen molar-refractivity contribution in [2.45, 2.75) is 0 Å². The van der Waals surface area contributed by atoms with E-state index in [-0.39, 0.29) is 41.3 Å². The molecule has 11 aromatic rings. The number of hydrogen-bond donors (Lipinski definition) is 0. The molecule has 11 rings (SSSR count). The largest absolute Gasteiger partial charge is 0.309 e. The molecule has 3 aromatic heterocycles. The maximum Gasteiger partial charge on any atom is 0.164 e. The van der Waals surface area contributed by atoms with Crippen molar-refractivity contribution in [3.8, 4) is 62.1 Å². The Bertz CT molecular complexity index is 3750. The fraction of sp³-hybridized carbons (Fsp3) is 0. The van der Waals surface area contributed by atoms with E-state index in [2.05, 4.69) is 36.4 Å². The van der Waals surface area contributed by atoms with Gasteiger partial charge in [-0.05, 0) is 47.0 Å². The van der Waals surface area contributed by atoms with Gasteiger partial charge in [-0.15, -0.1) is 11.3 Å². The Morgan fingerprint density at radius 1 is 0.393 bits per heavy atom. The maximum atomic E-state index is 9.18. The van der Waals surface area contributed by atoms with Crippen LogP contribution < -0.4 is 0 Å². The van der Waals surface area contributed by atoms with Gasteiger partial charge in [0, 0.05) is 53.2 Å². The lowest BCUT2D eigenvalue weighted by molar-refractivity contribution is 1.07. The third-order valence-corrected chi connectivity index (χ3v) is 11.2. The monoisotopic (exact) mass is 741 g/mol. The fourth-order valence-corrected chi connectivity index (χ4v) is 8.59. The van der Waals surface area contributed by atoms with Gasteiger partial charge in [-0.2, -0.15) is 0 Å². The smallest absolute Gasteiger partial charge is 0.164 e. The third-order valence-electron chi connectivity index (χ3n) is 10.1. The minimum Gasteiger partial charge on any atom is -0.309 e. The second kappa shape index (κ2) is 13.3.